The molecule has 0 aromatic heterocycles. The van der Waals surface area contributed by atoms with E-state index in [2.05, 4.69) is 0 Å². The van der Waals surface area contributed by atoms with Crippen LogP contribution in [0, 0.1) is 36.0 Å². The molecule has 0 saturated carbocycles. The molecule has 0 bridgehead atoms. The second-order valence-electron chi connectivity index (χ2n) is 8.62. The van der Waals surface area contributed by atoms with Crippen molar-refractivity contribution in [3.63, 3.8) is 0 Å². The van der Waals surface area contributed by atoms with Crippen molar-refractivity contribution in [1.82, 2.24) is 0 Å². The summed E-state index contributed by atoms with van der Waals surface area (Å²) in [5.74, 6) is -14.4. The summed E-state index contributed by atoms with van der Waals surface area (Å²) in [6, 6.07) is 9.99. The molecule has 1 unspecified atom stereocenters. The number of aryl methyl sites for hydroxylation is 1. The molecule has 0 radical (unpaired) electrons. The summed E-state index contributed by atoms with van der Waals surface area (Å²) in [6.45, 7) is 2.59. The summed E-state index contributed by atoms with van der Waals surface area (Å²) >= 11 is 0. The number of benzene rings is 3. The molecule has 1 heterocycles. The standard InChI is InChI=1S/C27H20F5NO5/c1-12-9-16(37-27(35)13(2)36-26-23(31)21(29)20(28)22(30)24(26)32)11-17-19(12)25(34)18(38-17)10-14-5-7-15(8-6-14)33(3)4/h5-11,13H,1-4H3/b18-10-. The van der Waals surface area contributed by atoms with Crippen LogP contribution in [0.1, 0.15) is 28.4 Å². The van der Waals surface area contributed by atoms with E-state index in [4.69, 9.17) is 14.2 Å². The zero-order chi connectivity index (χ0) is 27.9. The number of nitrogens with zero attached hydrogens (tertiary/aromatic N) is 1. The van der Waals surface area contributed by atoms with Crippen LogP contribution < -0.4 is 19.1 Å². The van der Waals surface area contributed by atoms with Gasteiger partial charge in [0.25, 0.3) is 0 Å². The van der Waals surface area contributed by atoms with E-state index in [9.17, 15) is 31.5 Å². The molecule has 0 aliphatic carbocycles. The Hall–Kier alpha value is -4.41. The molecule has 38 heavy (non-hydrogen) atoms. The minimum Gasteiger partial charge on any atom is -0.473 e. The predicted octanol–water partition coefficient (Wildman–Crippen LogP) is 5.75. The van der Waals surface area contributed by atoms with Gasteiger partial charge in [-0.25, -0.2) is 18.0 Å². The zero-order valence-electron chi connectivity index (χ0n) is 20.5. The highest BCUT2D eigenvalue weighted by atomic mass is 19.2. The van der Waals surface area contributed by atoms with Crippen molar-refractivity contribution in [2.75, 3.05) is 19.0 Å². The van der Waals surface area contributed by atoms with E-state index >= 15 is 0 Å². The molecule has 1 aliphatic heterocycles. The molecular weight excluding hydrogens is 513 g/mol. The van der Waals surface area contributed by atoms with Crippen molar-refractivity contribution in [2.45, 2.75) is 20.0 Å². The fourth-order valence-corrected chi connectivity index (χ4v) is 3.67. The lowest BCUT2D eigenvalue weighted by atomic mass is 10.0. The average Bonchev–Trinajstić information content (AvgIpc) is 3.19. The second-order valence-corrected chi connectivity index (χ2v) is 8.62. The van der Waals surface area contributed by atoms with E-state index in [0.717, 1.165) is 18.2 Å². The number of carbonyl (C=O) groups is 2. The van der Waals surface area contributed by atoms with Crippen LogP contribution in [0.15, 0.2) is 42.2 Å². The van der Waals surface area contributed by atoms with Gasteiger partial charge in [-0.1, -0.05) is 12.1 Å². The number of esters is 1. The van der Waals surface area contributed by atoms with Crippen molar-refractivity contribution in [1.29, 1.82) is 0 Å². The Morgan fingerprint density at radius 2 is 1.53 bits per heavy atom. The minimum atomic E-state index is -2.36. The summed E-state index contributed by atoms with van der Waals surface area (Å²) in [5.41, 5.74) is 2.35. The topological polar surface area (TPSA) is 65.1 Å². The van der Waals surface area contributed by atoms with Gasteiger partial charge < -0.3 is 19.1 Å². The SMILES string of the molecule is Cc1cc(OC(=O)C(C)Oc2c(F)c(F)c(F)c(F)c2F)cc2c1C(=O)/C(=C/c1ccc(N(C)C)cc1)O2. The van der Waals surface area contributed by atoms with Gasteiger partial charge in [-0.15, -0.1) is 0 Å². The van der Waals surface area contributed by atoms with Gasteiger partial charge >= 0.3 is 5.97 Å². The lowest BCUT2D eigenvalue weighted by molar-refractivity contribution is -0.141. The summed E-state index contributed by atoms with van der Waals surface area (Å²) < 4.78 is 83.4. The monoisotopic (exact) mass is 533 g/mol. The van der Waals surface area contributed by atoms with Crippen molar-refractivity contribution >= 4 is 23.5 Å². The van der Waals surface area contributed by atoms with Crippen LogP contribution in [0.25, 0.3) is 6.08 Å². The fraction of sp³-hybridized carbons (Fsp3) is 0.185. The molecule has 198 valence electrons. The Bertz CT molecular complexity index is 1460. The minimum absolute atomic E-state index is 0.0483. The number of hydrogen-bond acceptors (Lipinski definition) is 6. The van der Waals surface area contributed by atoms with E-state index in [-0.39, 0.29) is 28.6 Å². The molecule has 0 saturated heterocycles. The smallest absolute Gasteiger partial charge is 0.352 e. The fourth-order valence-electron chi connectivity index (χ4n) is 3.67. The Kier molecular flexibility index (Phi) is 7.12. The van der Waals surface area contributed by atoms with Gasteiger partial charge in [-0.3, -0.25) is 4.79 Å². The number of Topliss-reactive ketones (excluding diaryl/α,β-unsaturated/α-hetero) is 1. The molecule has 0 spiro atoms. The summed E-state index contributed by atoms with van der Waals surface area (Å²) in [6.07, 6.45) is -0.202. The Morgan fingerprint density at radius 1 is 0.947 bits per heavy atom. The number of fused-ring (bicyclic) bond motifs is 1. The van der Waals surface area contributed by atoms with E-state index in [0.29, 0.717) is 5.56 Å². The van der Waals surface area contributed by atoms with Crippen molar-refractivity contribution in [3.05, 3.63) is 87.9 Å². The number of halogens is 5. The van der Waals surface area contributed by atoms with Crippen LogP contribution in [-0.4, -0.2) is 32.0 Å². The Labute approximate surface area is 213 Å². The molecule has 0 N–H and O–H groups in total. The molecular formula is C27H20F5NO5. The molecule has 6 nitrogen and oxygen atoms in total. The maximum Gasteiger partial charge on any atom is 0.352 e. The van der Waals surface area contributed by atoms with E-state index in [1.54, 1.807) is 13.0 Å². The quantitative estimate of drug-likeness (QED) is 0.101. The van der Waals surface area contributed by atoms with E-state index in [1.165, 1.54) is 12.1 Å². The van der Waals surface area contributed by atoms with Gasteiger partial charge in [0.1, 0.15) is 11.5 Å². The first kappa shape index (κ1) is 26.6. The zero-order valence-corrected chi connectivity index (χ0v) is 20.5. The van der Waals surface area contributed by atoms with Crippen molar-refractivity contribution in [3.8, 4) is 17.2 Å². The molecule has 11 heteroatoms. The summed E-state index contributed by atoms with van der Waals surface area (Å²) in [7, 11) is 3.79. The van der Waals surface area contributed by atoms with Crippen LogP contribution in [-0.2, 0) is 4.79 Å². The predicted molar refractivity (Wildman–Crippen MR) is 127 cm³/mol. The highest BCUT2D eigenvalue weighted by Crippen LogP contribution is 2.38. The van der Waals surface area contributed by atoms with Gasteiger partial charge in [0.2, 0.25) is 34.9 Å². The summed E-state index contributed by atoms with van der Waals surface area (Å²) in [4.78, 5) is 27.3. The van der Waals surface area contributed by atoms with E-state index in [1.807, 2.05) is 43.3 Å². The van der Waals surface area contributed by atoms with Crippen LogP contribution >= 0.6 is 0 Å². The second kappa shape index (κ2) is 10.2. The maximum absolute atomic E-state index is 13.9. The Balaban J connectivity index is 1.52. The average molecular weight is 533 g/mol. The molecule has 4 rings (SSSR count). The van der Waals surface area contributed by atoms with Crippen LogP contribution in [0.4, 0.5) is 27.6 Å². The molecule has 1 atom stereocenters. The molecule has 3 aromatic carbocycles. The maximum atomic E-state index is 13.9. The van der Waals surface area contributed by atoms with E-state index < -0.39 is 46.9 Å². The third-order valence-corrected chi connectivity index (χ3v) is 5.67. The number of allylic oxidation sites excluding steroid dienone is 1. The normalized spacial score (nSPS) is 14.2. The third-order valence-electron chi connectivity index (χ3n) is 5.67. The first-order valence-electron chi connectivity index (χ1n) is 11.1. The Morgan fingerprint density at radius 3 is 2.11 bits per heavy atom. The number of hydrogen-bond donors (Lipinski definition) is 0. The third kappa shape index (κ3) is 4.91. The van der Waals surface area contributed by atoms with Gasteiger partial charge in [0.15, 0.2) is 17.6 Å². The number of anilines is 1. The van der Waals surface area contributed by atoms with Crippen molar-refractivity contribution < 1.29 is 45.8 Å². The van der Waals surface area contributed by atoms with Crippen LogP contribution in [0.3, 0.4) is 0 Å². The van der Waals surface area contributed by atoms with Gasteiger partial charge in [0.05, 0.1) is 5.56 Å². The first-order chi connectivity index (χ1) is 17.9. The molecule has 0 fully saturated rings. The summed E-state index contributed by atoms with van der Waals surface area (Å²) in [5, 5.41) is 0. The number of ether oxygens (including phenoxy) is 3. The lowest BCUT2D eigenvalue weighted by Gasteiger charge is -2.16. The highest BCUT2D eigenvalue weighted by Gasteiger charge is 2.32. The van der Waals surface area contributed by atoms with Crippen LogP contribution in [0.2, 0.25) is 0 Å². The molecule has 1 aliphatic rings. The van der Waals surface area contributed by atoms with Gasteiger partial charge in [-0.05, 0) is 49.2 Å². The highest BCUT2D eigenvalue weighted by molar-refractivity contribution is 6.15. The van der Waals surface area contributed by atoms with Gasteiger partial charge in [-0.2, -0.15) is 8.78 Å². The number of carbonyl (C=O) groups excluding carboxylic acids is 2. The first-order valence-corrected chi connectivity index (χ1v) is 11.1. The molecule has 3 aromatic rings. The number of rotatable bonds is 6. The van der Waals surface area contributed by atoms with Crippen molar-refractivity contribution in [2.24, 2.45) is 0 Å². The largest absolute Gasteiger partial charge is 0.473 e. The number of ketones is 1. The van der Waals surface area contributed by atoms with Crippen LogP contribution in [0.5, 0.6) is 17.2 Å². The van der Waals surface area contributed by atoms with Gasteiger partial charge in [0, 0.05) is 25.8 Å². The molecule has 0 amide bonds. The lowest BCUT2D eigenvalue weighted by Crippen LogP contribution is -2.29.